The molecule has 0 aromatic carbocycles. The highest BCUT2D eigenvalue weighted by molar-refractivity contribution is 5.96. The number of imide groups is 1. The van der Waals surface area contributed by atoms with Crippen LogP contribution in [0.3, 0.4) is 0 Å². The smallest absolute Gasteiger partial charge is 0.351 e. The van der Waals surface area contributed by atoms with Crippen LogP contribution in [0.5, 0.6) is 0 Å². The van der Waals surface area contributed by atoms with Crippen LogP contribution < -0.4 is 16.4 Å². The molecule has 0 spiro atoms. The minimum absolute atomic E-state index is 0.392. The zero-order valence-corrected chi connectivity index (χ0v) is 8.02. The van der Waals surface area contributed by atoms with Gasteiger partial charge in [-0.1, -0.05) is 0 Å². The van der Waals surface area contributed by atoms with Gasteiger partial charge in [0.25, 0.3) is 0 Å². The van der Waals surface area contributed by atoms with Crippen molar-refractivity contribution in [2.75, 3.05) is 6.54 Å². The van der Waals surface area contributed by atoms with Crippen molar-refractivity contribution in [3.05, 3.63) is 0 Å². The van der Waals surface area contributed by atoms with Crippen LogP contribution in [0.4, 0.5) is 18.0 Å². The van der Waals surface area contributed by atoms with Crippen LogP contribution >= 0.6 is 0 Å². The van der Waals surface area contributed by atoms with E-state index >= 15 is 0 Å². The highest BCUT2D eigenvalue weighted by Gasteiger charge is 2.26. The normalized spacial score (nSPS) is 13.3. The van der Waals surface area contributed by atoms with E-state index in [2.05, 4.69) is 11.1 Å². The maximum atomic E-state index is 11.7. The molecule has 1 atom stereocenters. The average molecular weight is 227 g/mol. The molecule has 0 aromatic heterocycles. The number of rotatable bonds is 4. The molecule has 4 N–H and O–H groups in total. The number of alkyl halides is 3. The first-order valence-corrected chi connectivity index (χ1v) is 4.13. The highest BCUT2D eigenvalue weighted by Crippen LogP contribution is 2.18. The Morgan fingerprint density at radius 1 is 1.40 bits per heavy atom. The van der Waals surface area contributed by atoms with Gasteiger partial charge in [-0.25, -0.2) is 4.79 Å². The van der Waals surface area contributed by atoms with Crippen molar-refractivity contribution in [2.24, 2.45) is 5.73 Å². The number of hydrogen-bond acceptors (Lipinski definition) is 3. The van der Waals surface area contributed by atoms with Gasteiger partial charge < -0.3 is 11.1 Å². The minimum Gasteiger partial charge on any atom is -0.351 e. The molecule has 15 heavy (non-hydrogen) atoms. The number of nitrogens with one attached hydrogen (secondary N) is 2. The third kappa shape index (κ3) is 7.74. The van der Waals surface area contributed by atoms with E-state index in [9.17, 15) is 22.8 Å². The summed E-state index contributed by atoms with van der Waals surface area (Å²) in [4.78, 5) is 21.2. The van der Waals surface area contributed by atoms with Gasteiger partial charge in [0.15, 0.2) is 0 Å². The lowest BCUT2D eigenvalue weighted by Gasteiger charge is -2.13. The second-order valence-corrected chi connectivity index (χ2v) is 2.89. The van der Waals surface area contributed by atoms with Gasteiger partial charge in [-0.2, -0.15) is 13.2 Å². The Bertz CT molecular complexity index is 242. The van der Waals surface area contributed by atoms with E-state index < -0.39 is 37.1 Å². The molecule has 0 fully saturated rings. The lowest BCUT2D eigenvalue weighted by Crippen LogP contribution is -2.47. The SMILES string of the molecule is CC(NCCC(F)(F)F)C(=O)NC(N)=O. The van der Waals surface area contributed by atoms with Gasteiger partial charge in [-0.05, 0) is 6.92 Å². The largest absolute Gasteiger partial charge is 0.390 e. The van der Waals surface area contributed by atoms with Gasteiger partial charge >= 0.3 is 12.2 Å². The Hall–Kier alpha value is -1.31. The van der Waals surface area contributed by atoms with Crippen LogP contribution in [0.15, 0.2) is 0 Å². The monoisotopic (exact) mass is 227 g/mol. The maximum absolute atomic E-state index is 11.7. The van der Waals surface area contributed by atoms with E-state index in [1.165, 1.54) is 6.92 Å². The van der Waals surface area contributed by atoms with E-state index in [0.717, 1.165) is 0 Å². The van der Waals surface area contributed by atoms with Gasteiger partial charge in [-0.15, -0.1) is 0 Å². The van der Waals surface area contributed by atoms with E-state index in [1.807, 2.05) is 0 Å². The van der Waals surface area contributed by atoms with Crippen molar-refractivity contribution >= 4 is 11.9 Å². The first-order chi connectivity index (χ1) is 6.72. The fourth-order valence-corrected chi connectivity index (χ4v) is 0.753. The number of primary amides is 1. The number of urea groups is 1. The van der Waals surface area contributed by atoms with Crippen LogP contribution in [0, 0.1) is 0 Å². The Labute approximate surface area is 84.2 Å². The standard InChI is InChI=1S/C7H12F3N3O2/c1-4(5(14)13-6(11)15)12-3-2-7(8,9)10/h4,12H,2-3H2,1H3,(H3,11,13,14,15). The number of carbonyl (C=O) groups is 2. The summed E-state index contributed by atoms with van der Waals surface area (Å²) in [5.41, 5.74) is 4.65. The van der Waals surface area contributed by atoms with Crippen molar-refractivity contribution in [2.45, 2.75) is 25.6 Å². The molecule has 0 saturated carbocycles. The van der Waals surface area contributed by atoms with Gasteiger partial charge in [-0.3, -0.25) is 10.1 Å². The second-order valence-electron chi connectivity index (χ2n) is 2.89. The Kier molecular flexibility index (Phi) is 5.06. The summed E-state index contributed by atoms with van der Waals surface area (Å²) < 4.78 is 35.1. The Morgan fingerprint density at radius 3 is 2.33 bits per heavy atom. The van der Waals surface area contributed by atoms with Gasteiger partial charge in [0.1, 0.15) is 0 Å². The third-order valence-corrected chi connectivity index (χ3v) is 1.50. The first kappa shape index (κ1) is 13.7. The van der Waals surface area contributed by atoms with E-state index in [-0.39, 0.29) is 0 Å². The minimum atomic E-state index is -4.27. The van der Waals surface area contributed by atoms with Crippen molar-refractivity contribution in [1.29, 1.82) is 0 Å². The lowest BCUT2D eigenvalue weighted by molar-refractivity contribution is -0.135. The number of amides is 3. The Morgan fingerprint density at radius 2 is 1.93 bits per heavy atom. The van der Waals surface area contributed by atoms with Gasteiger partial charge in [0, 0.05) is 6.54 Å². The van der Waals surface area contributed by atoms with Gasteiger partial charge in [0.05, 0.1) is 12.5 Å². The third-order valence-electron chi connectivity index (χ3n) is 1.50. The molecule has 8 heteroatoms. The summed E-state index contributed by atoms with van der Waals surface area (Å²) in [6, 6.07) is -1.94. The van der Waals surface area contributed by atoms with Crippen molar-refractivity contribution < 1.29 is 22.8 Å². The van der Waals surface area contributed by atoms with Crippen LogP contribution in [0.25, 0.3) is 0 Å². The fourth-order valence-electron chi connectivity index (χ4n) is 0.753. The molecule has 0 saturated heterocycles. The first-order valence-electron chi connectivity index (χ1n) is 4.13. The van der Waals surface area contributed by atoms with Crippen LogP contribution in [0.1, 0.15) is 13.3 Å². The van der Waals surface area contributed by atoms with E-state index in [1.54, 1.807) is 5.32 Å². The molecular weight excluding hydrogens is 215 g/mol. The summed E-state index contributed by atoms with van der Waals surface area (Å²) in [5, 5.41) is 4.05. The summed E-state index contributed by atoms with van der Waals surface area (Å²) in [7, 11) is 0. The van der Waals surface area contributed by atoms with Crippen molar-refractivity contribution in [3.8, 4) is 0 Å². The molecule has 1 unspecified atom stereocenters. The predicted molar refractivity (Wildman–Crippen MR) is 45.9 cm³/mol. The van der Waals surface area contributed by atoms with E-state index in [4.69, 9.17) is 0 Å². The van der Waals surface area contributed by atoms with Crippen LogP contribution in [-0.4, -0.2) is 30.7 Å². The second kappa shape index (κ2) is 5.54. The maximum Gasteiger partial charge on any atom is 0.390 e. The zero-order valence-electron chi connectivity index (χ0n) is 8.02. The molecule has 0 bridgehead atoms. The molecule has 0 aromatic rings. The number of halogens is 3. The highest BCUT2D eigenvalue weighted by atomic mass is 19.4. The topological polar surface area (TPSA) is 84.2 Å². The molecule has 88 valence electrons. The predicted octanol–water partition coefficient (Wildman–Crippen LogP) is 0.112. The summed E-state index contributed by atoms with van der Waals surface area (Å²) >= 11 is 0. The Balaban J connectivity index is 3.79. The molecule has 3 amide bonds. The molecule has 5 nitrogen and oxygen atoms in total. The lowest BCUT2D eigenvalue weighted by atomic mass is 10.3. The molecular formula is C7H12F3N3O2. The quantitative estimate of drug-likeness (QED) is 0.637. The molecule has 0 aliphatic carbocycles. The van der Waals surface area contributed by atoms with Crippen LogP contribution in [-0.2, 0) is 4.79 Å². The molecule has 0 heterocycles. The van der Waals surface area contributed by atoms with Crippen molar-refractivity contribution in [1.82, 2.24) is 10.6 Å². The summed E-state index contributed by atoms with van der Waals surface area (Å²) in [6.45, 7) is 0.936. The van der Waals surface area contributed by atoms with E-state index in [0.29, 0.717) is 0 Å². The van der Waals surface area contributed by atoms with Crippen molar-refractivity contribution in [3.63, 3.8) is 0 Å². The molecule has 0 aliphatic rings. The number of nitrogens with two attached hydrogens (primary N) is 1. The molecule has 0 radical (unpaired) electrons. The van der Waals surface area contributed by atoms with Gasteiger partial charge in [0.2, 0.25) is 5.91 Å². The average Bonchev–Trinajstić information content (AvgIpc) is 2.00. The number of hydrogen-bond donors (Lipinski definition) is 3. The van der Waals surface area contributed by atoms with Crippen LogP contribution in [0.2, 0.25) is 0 Å². The fraction of sp³-hybridized carbons (Fsp3) is 0.714. The summed E-state index contributed by atoms with van der Waals surface area (Å²) in [6.07, 6.45) is -5.31. The molecule has 0 aliphatic heterocycles. The molecule has 0 rings (SSSR count). The number of carbonyl (C=O) groups excluding carboxylic acids is 2. The zero-order chi connectivity index (χ0) is 12.1. The summed E-state index contributed by atoms with van der Waals surface area (Å²) in [5.74, 6) is -0.760.